The van der Waals surface area contributed by atoms with Crippen molar-refractivity contribution < 1.29 is 9.53 Å². The van der Waals surface area contributed by atoms with Gasteiger partial charge in [-0.1, -0.05) is 0 Å². The fourth-order valence-electron chi connectivity index (χ4n) is 1.88. The molecule has 1 amide bonds. The van der Waals surface area contributed by atoms with Gasteiger partial charge in [0.05, 0.1) is 6.10 Å². The minimum atomic E-state index is 0.224. The molecule has 1 aliphatic heterocycles. The second-order valence-corrected chi connectivity index (χ2v) is 4.56. The van der Waals surface area contributed by atoms with Crippen LogP contribution in [0.4, 0.5) is 0 Å². The highest BCUT2D eigenvalue weighted by molar-refractivity contribution is 5.75. The lowest BCUT2D eigenvalue weighted by Crippen LogP contribution is -2.33. The topological polar surface area (TPSA) is 32.8 Å². The van der Waals surface area contributed by atoms with Gasteiger partial charge in [0.1, 0.15) is 0 Å². The van der Waals surface area contributed by atoms with E-state index in [0.717, 1.165) is 32.7 Å². The smallest absolute Gasteiger partial charge is 0.223 e. The number of amides is 1. The molecule has 0 unspecified atom stereocenters. The number of hydrogen-bond donors (Lipinski definition) is 0. The molecule has 0 spiro atoms. The first-order chi connectivity index (χ1) is 7.63. The molecule has 1 heterocycles. The minimum Gasteiger partial charge on any atom is -0.377 e. The number of ether oxygens (including phenoxy) is 1. The van der Waals surface area contributed by atoms with Gasteiger partial charge in [-0.2, -0.15) is 0 Å². The lowest BCUT2D eigenvalue weighted by Gasteiger charge is -2.21. The van der Waals surface area contributed by atoms with E-state index in [2.05, 4.69) is 11.9 Å². The first kappa shape index (κ1) is 13.5. The Morgan fingerprint density at radius 3 is 2.75 bits per heavy atom. The summed E-state index contributed by atoms with van der Waals surface area (Å²) in [4.78, 5) is 15.5. The average molecular weight is 228 g/mol. The van der Waals surface area contributed by atoms with E-state index >= 15 is 0 Å². The third-order valence-corrected chi connectivity index (χ3v) is 3.15. The summed E-state index contributed by atoms with van der Waals surface area (Å²) in [5.74, 6) is 0.224. The van der Waals surface area contributed by atoms with Crippen molar-refractivity contribution in [1.82, 2.24) is 9.80 Å². The minimum absolute atomic E-state index is 0.224. The van der Waals surface area contributed by atoms with Crippen LogP contribution in [0, 0.1) is 0 Å². The van der Waals surface area contributed by atoms with E-state index in [0.29, 0.717) is 12.5 Å². The third-order valence-electron chi connectivity index (χ3n) is 3.15. The molecule has 0 aromatic carbocycles. The van der Waals surface area contributed by atoms with Gasteiger partial charge in [0.2, 0.25) is 5.91 Å². The summed E-state index contributed by atoms with van der Waals surface area (Å²) < 4.78 is 5.56. The second kappa shape index (κ2) is 6.86. The fraction of sp³-hybridized carbons (Fsp3) is 0.917. The zero-order chi connectivity index (χ0) is 12.0. The zero-order valence-electron chi connectivity index (χ0n) is 10.7. The molecule has 1 atom stereocenters. The van der Waals surface area contributed by atoms with Gasteiger partial charge in [-0.05, 0) is 26.8 Å². The van der Waals surface area contributed by atoms with E-state index in [1.165, 1.54) is 6.42 Å². The molecule has 1 aliphatic rings. The van der Waals surface area contributed by atoms with Crippen molar-refractivity contribution in [2.24, 2.45) is 0 Å². The van der Waals surface area contributed by atoms with Gasteiger partial charge in [0, 0.05) is 39.7 Å². The van der Waals surface area contributed by atoms with Crippen LogP contribution in [-0.2, 0) is 9.53 Å². The van der Waals surface area contributed by atoms with Gasteiger partial charge in [-0.25, -0.2) is 0 Å². The van der Waals surface area contributed by atoms with Gasteiger partial charge in [0.25, 0.3) is 0 Å². The summed E-state index contributed by atoms with van der Waals surface area (Å²) in [5, 5.41) is 0. The predicted octanol–water partition coefficient (Wildman–Crippen LogP) is 0.966. The van der Waals surface area contributed by atoms with Crippen molar-refractivity contribution in [3.63, 3.8) is 0 Å². The monoisotopic (exact) mass is 228 g/mol. The van der Waals surface area contributed by atoms with Crippen LogP contribution in [0.1, 0.15) is 26.2 Å². The lowest BCUT2D eigenvalue weighted by atomic mass is 10.2. The Bertz CT molecular complexity index is 215. The van der Waals surface area contributed by atoms with E-state index in [-0.39, 0.29) is 5.91 Å². The molecule has 0 saturated carbocycles. The molecule has 94 valence electrons. The molecule has 16 heavy (non-hydrogen) atoms. The Kier molecular flexibility index (Phi) is 5.77. The maximum Gasteiger partial charge on any atom is 0.223 e. The standard InChI is InChI=1S/C12H24N2O2/c1-4-14(3)12(15)7-8-13(2)10-11-6-5-9-16-11/h11H,4-10H2,1-3H3/t11-/m1/s1. The van der Waals surface area contributed by atoms with Crippen molar-refractivity contribution in [2.75, 3.05) is 40.3 Å². The molecule has 0 aromatic rings. The quantitative estimate of drug-likeness (QED) is 0.679. The predicted molar refractivity (Wildman–Crippen MR) is 64.4 cm³/mol. The van der Waals surface area contributed by atoms with Gasteiger partial charge in [0.15, 0.2) is 0 Å². The third kappa shape index (κ3) is 4.49. The van der Waals surface area contributed by atoms with Crippen LogP contribution in [0.25, 0.3) is 0 Å². The van der Waals surface area contributed by atoms with E-state index in [9.17, 15) is 4.79 Å². The Morgan fingerprint density at radius 2 is 2.19 bits per heavy atom. The molecule has 0 radical (unpaired) electrons. The summed E-state index contributed by atoms with van der Waals surface area (Å²) >= 11 is 0. The average Bonchev–Trinajstić information content (AvgIpc) is 2.77. The van der Waals surface area contributed by atoms with E-state index in [4.69, 9.17) is 4.74 Å². The Hall–Kier alpha value is -0.610. The van der Waals surface area contributed by atoms with Crippen molar-refractivity contribution in [1.29, 1.82) is 0 Å². The largest absolute Gasteiger partial charge is 0.377 e. The van der Waals surface area contributed by atoms with Crippen LogP contribution in [0.15, 0.2) is 0 Å². The summed E-state index contributed by atoms with van der Waals surface area (Å²) in [6.45, 7) is 5.45. The van der Waals surface area contributed by atoms with Crippen LogP contribution in [-0.4, -0.2) is 62.1 Å². The van der Waals surface area contributed by atoms with E-state index < -0.39 is 0 Å². The van der Waals surface area contributed by atoms with Gasteiger partial charge >= 0.3 is 0 Å². The first-order valence-corrected chi connectivity index (χ1v) is 6.17. The SMILES string of the molecule is CCN(C)C(=O)CCN(C)C[C@H]1CCCO1. The molecule has 4 nitrogen and oxygen atoms in total. The summed E-state index contributed by atoms with van der Waals surface area (Å²) in [6, 6.07) is 0. The van der Waals surface area contributed by atoms with Crippen molar-refractivity contribution in [2.45, 2.75) is 32.3 Å². The lowest BCUT2D eigenvalue weighted by molar-refractivity contribution is -0.130. The Labute approximate surface area is 98.5 Å². The Balaban J connectivity index is 2.13. The van der Waals surface area contributed by atoms with Crippen molar-refractivity contribution >= 4 is 5.91 Å². The van der Waals surface area contributed by atoms with Crippen LogP contribution in [0.3, 0.4) is 0 Å². The van der Waals surface area contributed by atoms with E-state index in [1.54, 1.807) is 4.90 Å². The number of carbonyl (C=O) groups excluding carboxylic acids is 1. The van der Waals surface area contributed by atoms with Gasteiger partial charge in [-0.3, -0.25) is 4.79 Å². The van der Waals surface area contributed by atoms with Gasteiger partial charge in [-0.15, -0.1) is 0 Å². The van der Waals surface area contributed by atoms with Crippen LogP contribution in [0.5, 0.6) is 0 Å². The highest BCUT2D eigenvalue weighted by atomic mass is 16.5. The van der Waals surface area contributed by atoms with Crippen molar-refractivity contribution in [3.05, 3.63) is 0 Å². The van der Waals surface area contributed by atoms with Crippen LogP contribution >= 0.6 is 0 Å². The number of likely N-dealkylation sites (N-methyl/N-ethyl adjacent to an activating group) is 1. The van der Waals surface area contributed by atoms with Gasteiger partial charge < -0.3 is 14.5 Å². The second-order valence-electron chi connectivity index (χ2n) is 4.56. The molecule has 0 aromatic heterocycles. The number of carbonyl (C=O) groups is 1. The fourth-order valence-corrected chi connectivity index (χ4v) is 1.88. The highest BCUT2D eigenvalue weighted by Crippen LogP contribution is 2.12. The summed E-state index contributed by atoms with van der Waals surface area (Å²) in [6.07, 6.45) is 3.32. The molecule has 0 aliphatic carbocycles. The molecule has 0 N–H and O–H groups in total. The normalized spacial score (nSPS) is 20.4. The molecule has 1 fully saturated rings. The number of hydrogen-bond acceptors (Lipinski definition) is 3. The van der Waals surface area contributed by atoms with Crippen LogP contribution in [0.2, 0.25) is 0 Å². The number of nitrogens with zero attached hydrogens (tertiary/aromatic N) is 2. The highest BCUT2D eigenvalue weighted by Gasteiger charge is 2.17. The van der Waals surface area contributed by atoms with Crippen LogP contribution < -0.4 is 0 Å². The molecular formula is C12H24N2O2. The maximum absolute atomic E-state index is 11.6. The number of rotatable bonds is 6. The van der Waals surface area contributed by atoms with E-state index in [1.807, 2.05) is 14.0 Å². The molecule has 1 rings (SSSR count). The molecule has 0 bridgehead atoms. The molecule has 1 saturated heterocycles. The molecule has 4 heteroatoms. The van der Waals surface area contributed by atoms with Crippen molar-refractivity contribution in [3.8, 4) is 0 Å². The molecular weight excluding hydrogens is 204 g/mol. The maximum atomic E-state index is 11.6. The zero-order valence-corrected chi connectivity index (χ0v) is 10.7. The first-order valence-electron chi connectivity index (χ1n) is 6.17. The Morgan fingerprint density at radius 1 is 1.44 bits per heavy atom. The summed E-state index contributed by atoms with van der Waals surface area (Å²) in [5.41, 5.74) is 0. The summed E-state index contributed by atoms with van der Waals surface area (Å²) in [7, 11) is 3.91.